The lowest BCUT2D eigenvalue weighted by Gasteiger charge is -2.01. The van der Waals surface area contributed by atoms with E-state index in [4.69, 9.17) is 0 Å². The number of aromatic nitrogens is 2. The molecule has 25 heavy (non-hydrogen) atoms. The Bertz CT molecular complexity index is 1130. The number of benzene rings is 2. The van der Waals surface area contributed by atoms with Gasteiger partial charge in [-0.05, 0) is 23.3 Å². The van der Waals surface area contributed by atoms with E-state index in [-0.39, 0.29) is 11.4 Å². The molecule has 0 aliphatic rings. The van der Waals surface area contributed by atoms with E-state index in [1.165, 1.54) is 40.7 Å². The summed E-state index contributed by atoms with van der Waals surface area (Å²) >= 11 is 1.42. The van der Waals surface area contributed by atoms with Crippen LogP contribution in [0.15, 0.2) is 76.2 Å². The molecule has 0 radical (unpaired) electrons. The van der Waals surface area contributed by atoms with Crippen molar-refractivity contribution in [3.05, 3.63) is 88.0 Å². The van der Waals surface area contributed by atoms with Gasteiger partial charge in [0.2, 0.25) is 0 Å². The van der Waals surface area contributed by atoms with Gasteiger partial charge >= 0.3 is 0 Å². The lowest BCUT2D eigenvalue weighted by molar-refractivity contribution is 0.627. The van der Waals surface area contributed by atoms with Crippen molar-refractivity contribution in [2.24, 2.45) is 5.10 Å². The number of hydrogen-bond donors (Lipinski definition) is 0. The van der Waals surface area contributed by atoms with Crippen molar-refractivity contribution in [1.82, 2.24) is 9.66 Å². The molecule has 0 N–H and O–H groups in total. The first-order valence-electron chi connectivity index (χ1n) is 7.56. The van der Waals surface area contributed by atoms with E-state index in [9.17, 15) is 9.18 Å². The van der Waals surface area contributed by atoms with Gasteiger partial charge in [0.15, 0.2) is 0 Å². The van der Waals surface area contributed by atoms with E-state index in [0.29, 0.717) is 15.8 Å². The Labute approximate surface area is 146 Å². The Morgan fingerprint density at radius 1 is 1.12 bits per heavy atom. The number of thiophene rings is 1. The fourth-order valence-corrected chi connectivity index (χ4v) is 3.46. The fraction of sp³-hybridized carbons (Fsp3) is 0. The Balaban J connectivity index is 1.81. The zero-order valence-electron chi connectivity index (χ0n) is 13.0. The van der Waals surface area contributed by atoms with Gasteiger partial charge in [0, 0.05) is 10.9 Å². The van der Waals surface area contributed by atoms with Crippen LogP contribution in [0.4, 0.5) is 4.39 Å². The van der Waals surface area contributed by atoms with E-state index in [1.807, 2.05) is 35.7 Å². The predicted molar refractivity (Wildman–Crippen MR) is 98.7 cm³/mol. The zero-order valence-corrected chi connectivity index (χ0v) is 13.8. The van der Waals surface area contributed by atoms with Gasteiger partial charge in [-0.1, -0.05) is 42.5 Å². The van der Waals surface area contributed by atoms with E-state index in [0.717, 1.165) is 11.1 Å². The lowest BCUT2D eigenvalue weighted by atomic mass is 10.1. The van der Waals surface area contributed by atoms with Gasteiger partial charge in [0.25, 0.3) is 5.56 Å². The third-order valence-electron chi connectivity index (χ3n) is 3.74. The molecule has 0 fully saturated rings. The number of hydrogen-bond acceptors (Lipinski definition) is 4. The standard InChI is InChI=1S/C19H12FN3OS/c20-15-8-4-5-13(9-15)10-22-23-12-21-18-17(19(23)24)16(11-25-18)14-6-2-1-3-7-14/h1-12H. The molecule has 122 valence electrons. The van der Waals surface area contributed by atoms with Crippen molar-refractivity contribution >= 4 is 27.8 Å². The summed E-state index contributed by atoms with van der Waals surface area (Å²) in [6.45, 7) is 0. The molecule has 0 saturated heterocycles. The molecule has 4 rings (SSSR count). The molecule has 0 unspecified atom stereocenters. The average molecular weight is 349 g/mol. The highest BCUT2D eigenvalue weighted by Gasteiger charge is 2.12. The summed E-state index contributed by atoms with van der Waals surface area (Å²) in [6.07, 6.45) is 2.82. The SMILES string of the molecule is O=c1c2c(-c3ccccc3)csc2ncn1N=Cc1cccc(F)c1. The number of rotatable bonds is 3. The van der Waals surface area contributed by atoms with Gasteiger partial charge in [-0.2, -0.15) is 9.78 Å². The van der Waals surface area contributed by atoms with Crippen LogP contribution >= 0.6 is 11.3 Å². The second-order valence-electron chi connectivity index (χ2n) is 5.39. The molecule has 2 aromatic carbocycles. The quantitative estimate of drug-likeness (QED) is 0.522. The van der Waals surface area contributed by atoms with Crippen molar-refractivity contribution in [2.75, 3.05) is 0 Å². The van der Waals surface area contributed by atoms with Gasteiger partial charge in [0.05, 0.1) is 11.6 Å². The average Bonchev–Trinajstić information content (AvgIpc) is 3.07. The molecule has 0 spiro atoms. The minimum atomic E-state index is -0.353. The van der Waals surface area contributed by atoms with Crippen LogP contribution in [0.2, 0.25) is 0 Å². The maximum atomic E-state index is 13.2. The van der Waals surface area contributed by atoms with E-state index in [2.05, 4.69) is 10.1 Å². The minimum Gasteiger partial charge on any atom is -0.267 e. The van der Waals surface area contributed by atoms with E-state index in [1.54, 1.807) is 12.1 Å². The molecular formula is C19H12FN3OS. The highest BCUT2D eigenvalue weighted by atomic mass is 32.1. The van der Waals surface area contributed by atoms with Crippen molar-refractivity contribution in [1.29, 1.82) is 0 Å². The van der Waals surface area contributed by atoms with Crippen LogP contribution in [0.3, 0.4) is 0 Å². The normalized spacial score (nSPS) is 11.4. The van der Waals surface area contributed by atoms with Gasteiger partial charge in [0.1, 0.15) is 17.0 Å². The molecule has 4 nitrogen and oxygen atoms in total. The summed E-state index contributed by atoms with van der Waals surface area (Å²) < 4.78 is 14.4. The molecular weight excluding hydrogens is 337 g/mol. The monoisotopic (exact) mass is 349 g/mol. The first-order chi connectivity index (χ1) is 12.2. The van der Waals surface area contributed by atoms with Gasteiger partial charge in [-0.3, -0.25) is 4.79 Å². The van der Waals surface area contributed by atoms with Crippen LogP contribution in [-0.2, 0) is 0 Å². The molecule has 0 saturated carbocycles. The molecule has 0 bridgehead atoms. The predicted octanol–water partition coefficient (Wildman–Crippen LogP) is 4.15. The second kappa shape index (κ2) is 6.41. The number of halogens is 1. The van der Waals surface area contributed by atoms with Crippen molar-refractivity contribution in [3.8, 4) is 11.1 Å². The molecule has 2 aromatic heterocycles. The number of nitrogens with zero attached hydrogens (tertiary/aromatic N) is 3. The molecule has 0 aliphatic carbocycles. The third-order valence-corrected chi connectivity index (χ3v) is 4.63. The van der Waals surface area contributed by atoms with Crippen LogP contribution in [-0.4, -0.2) is 15.9 Å². The van der Waals surface area contributed by atoms with E-state index < -0.39 is 0 Å². The first-order valence-corrected chi connectivity index (χ1v) is 8.44. The molecule has 4 aromatic rings. The second-order valence-corrected chi connectivity index (χ2v) is 6.25. The van der Waals surface area contributed by atoms with Gasteiger partial charge < -0.3 is 0 Å². The highest BCUT2D eigenvalue weighted by Crippen LogP contribution is 2.30. The van der Waals surface area contributed by atoms with Gasteiger partial charge in [-0.15, -0.1) is 11.3 Å². The van der Waals surface area contributed by atoms with E-state index >= 15 is 0 Å². The molecule has 2 heterocycles. The smallest absolute Gasteiger partial charge is 0.267 e. The lowest BCUT2D eigenvalue weighted by Crippen LogP contribution is -2.16. The molecule has 0 aliphatic heterocycles. The Morgan fingerprint density at radius 2 is 1.96 bits per heavy atom. The van der Waals surface area contributed by atoms with Crippen LogP contribution in [0.25, 0.3) is 21.3 Å². The minimum absolute atomic E-state index is 0.252. The third kappa shape index (κ3) is 2.99. The van der Waals surface area contributed by atoms with Crippen LogP contribution < -0.4 is 5.56 Å². The largest absolute Gasteiger partial charge is 0.283 e. The van der Waals surface area contributed by atoms with Crippen molar-refractivity contribution in [2.45, 2.75) is 0 Å². The number of fused-ring (bicyclic) bond motifs is 1. The van der Waals surface area contributed by atoms with Crippen LogP contribution in [0, 0.1) is 5.82 Å². The summed E-state index contributed by atoms with van der Waals surface area (Å²) in [7, 11) is 0. The Morgan fingerprint density at radius 3 is 2.76 bits per heavy atom. The maximum Gasteiger partial charge on any atom is 0.283 e. The summed E-state index contributed by atoms with van der Waals surface area (Å²) in [4.78, 5) is 17.8. The Hall–Kier alpha value is -3.12. The highest BCUT2D eigenvalue weighted by molar-refractivity contribution is 7.17. The molecule has 0 amide bonds. The Kier molecular flexibility index (Phi) is 3.95. The summed E-state index contributed by atoms with van der Waals surface area (Å²) in [5.41, 5.74) is 2.12. The maximum absolute atomic E-state index is 13.2. The summed E-state index contributed by atoms with van der Waals surface area (Å²) in [5, 5.41) is 6.60. The van der Waals surface area contributed by atoms with Crippen molar-refractivity contribution < 1.29 is 4.39 Å². The van der Waals surface area contributed by atoms with Crippen LogP contribution in [0.5, 0.6) is 0 Å². The first kappa shape index (κ1) is 15.4. The topological polar surface area (TPSA) is 47.2 Å². The van der Waals surface area contributed by atoms with Crippen LogP contribution in [0.1, 0.15) is 5.56 Å². The zero-order chi connectivity index (χ0) is 17.2. The summed E-state index contributed by atoms with van der Waals surface area (Å²) in [5.74, 6) is -0.353. The van der Waals surface area contributed by atoms with Crippen molar-refractivity contribution in [3.63, 3.8) is 0 Å². The molecule has 0 atom stereocenters. The fourth-order valence-electron chi connectivity index (χ4n) is 2.55. The molecule has 6 heteroatoms. The van der Waals surface area contributed by atoms with Gasteiger partial charge in [-0.25, -0.2) is 9.37 Å². The summed E-state index contributed by atoms with van der Waals surface area (Å²) in [6, 6.07) is 15.7.